The second-order valence-electron chi connectivity index (χ2n) is 4.08. The largest absolute Gasteiger partial charge is 0.495 e. The summed E-state index contributed by atoms with van der Waals surface area (Å²) in [6.45, 7) is 1.96. The molecule has 0 saturated carbocycles. The molecule has 0 aliphatic carbocycles. The zero-order chi connectivity index (χ0) is 13.0. The van der Waals surface area contributed by atoms with E-state index >= 15 is 0 Å². The Bertz CT molecular complexity index is 509. The quantitative estimate of drug-likeness (QED) is 0.866. The summed E-state index contributed by atoms with van der Waals surface area (Å²) in [6, 6.07) is 11.7. The Morgan fingerprint density at radius 2 is 2.00 bits per heavy atom. The van der Waals surface area contributed by atoms with Crippen LogP contribution in [0.15, 0.2) is 42.6 Å². The van der Waals surface area contributed by atoms with E-state index in [2.05, 4.69) is 10.3 Å². The van der Waals surface area contributed by atoms with Gasteiger partial charge in [-0.25, -0.2) is 4.98 Å². The molecule has 1 atom stereocenters. The molecule has 0 amide bonds. The molecule has 0 radical (unpaired) electrons. The monoisotopic (exact) mass is 243 g/mol. The molecule has 94 valence electrons. The lowest BCUT2D eigenvalue weighted by Crippen LogP contribution is -2.08. The van der Waals surface area contributed by atoms with Crippen LogP contribution in [0.1, 0.15) is 18.5 Å². The summed E-state index contributed by atoms with van der Waals surface area (Å²) in [7, 11) is 1.62. The number of aromatic nitrogens is 1. The van der Waals surface area contributed by atoms with E-state index in [0.717, 1.165) is 22.8 Å². The van der Waals surface area contributed by atoms with E-state index in [4.69, 9.17) is 10.5 Å². The summed E-state index contributed by atoms with van der Waals surface area (Å²) < 4.78 is 5.07. The maximum absolute atomic E-state index is 5.93. The van der Waals surface area contributed by atoms with Gasteiger partial charge in [-0.3, -0.25) is 0 Å². The normalized spacial score (nSPS) is 11.9. The Morgan fingerprint density at radius 1 is 1.22 bits per heavy atom. The van der Waals surface area contributed by atoms with Crippen molar-refractivity contribution >= 4 is 11.5 Å². The summed E-state index contributed by atoms with van der Waals surface area (Å²) in [5, 5.41) is 3.26. The predicted octanol–water partition coefficient (Wildman–Crippen LogP) is 2.85. The third-order valence-electron chi connectivity index (χ3n) is 2.69. The van der Waals surface area contributed by atoms with Gasteiger partial charge in [0.25, 0.3) is 0 Å². The first-order valence-electron chi connectivity index (χ1n) is 5.82. The Morgan fingerprint density at radius 3 is 2.61 bits per heavy atom. The van der Waals surface area contributed by atoms with Crippen molar-refractivity contribution in [1.29, 1.82) is 0 Å². The minimum absolute atomic E-state index is 0.0213. The van der Waals surface area contributed by atoms with Crippen LogP contribution in [0.3, 0.4) is 0 Å². The zero-order valence-electron chi connectivity index (χ0n) is 10.6. The molecule has 1 heterocycles. The van der Waals surface area contributed by atoms with Crippen LogP contribution in [0.5, 0.6) is 5.75 Å². The van der Waals surface area contributed by atoms with Crippen LogP contribution in [-0.4, -0.2) is 12.1 Å². The highest BCUT2D eigenvalue weighted by atomic mass is 16.5. The van der Waals surface area contributed by atoms with Crippen LogP contribution in [0.25, 0.3) is 0 Å². The van der Waals surface area contributed by atoms with Gasteiger partial charge >= 0.3 is 0 Å². The number of benzene rings is 1. The fourth-order valence-electron chi connectivity index (χ4n) is 1.72. The molecule has 0 spiro atoms. The summed E-state index contributed by atoms with van der Waals surface area (Å²) in [4.78, 5) is 4.27. The molecule has 1 unspecified atom stereocenters. The minimum Gasteiger partial charge on any atom is -0.495 e. The van der Waals surface area contributed by atoms with Crippen molar-refractivity contribution in [3.8, 4) is 5.75 Å². The second kappa shape index (κ2) is 5.51. The lowest BCUT2D eigenvalue weighted by atomic mass is 10.1. The number of nitrogens with one attached hydrogen (secondary N) is 1. The third-order valence-corrected chi connectivity index (χ3v) is 2.69. The van der Waals surface area contributed by atoms with Gasteiger partial charge in [0.05, 0.1) is 13.3 Å². The van der Waals surface area contributed by atoms with Crippen molar-refractivity contribution in [3.05, 3.63) is 48.2 Å². The van der Waals surface area contributed by atoms with Crippen LogP contribution in [0, 0.1) is 0 Å². The number of pyridine rings is 1. The topological polar surface area (TPSA) is 60.2 Å². The van der Waals surface area contributed by atoms with Gasteiger partial charge in [0.2, 0.25) is 0 Å². The van der Waals surface area contributed by atoms with Gasteiger partial charge in [0, 0.05) is 11.7 Å². The molecule has 4 nitrogen and oxygen atoms in total. The van der Waals surface area contributed by atoms with Crippen molar-refractivity contribution in [3.63, 3.8) is 0 Å². The molecule has 2 rings (SSSR count). The highest BCUT2D eigenvalue weighted by molar-refractivity contribution is 5.61. The summed E-state index contributed by atoms with van der Waals surface area (Å²) >= 11 is 0. The Hall–Kier alpha value is -2.07. The fourth-order valence-corrected chi connectivity index (χ4v) is 1.72. The average molecular weight is 243 g/mol. The van der Waals surface area contributed by atoms with Crippen LogP contribution >= 0.6 is 0 Å². The highest BCUT2D eigenvalue weighted by Gasteiger charge is 2.06. The van der Waals surface area contributed by atoms with Crippen molar-refractivity contribution < 1.29 is 4.74 Å². The predicted molar refractivity (Wildman–Crippen MR) is 73.1 cm³/mol. The van der Waals surface area contributed by atoms with E-state index in [9.17, 15) is 0 Å². The number of para-hydroxylation sites is 1. The number of methoxy groups -OCH3 is 1. The minimum atomic E-state index is -0.0213. The van der Waals surface area contributed by atoms with Gasteiger partial charge in [-0.2, -0.15) is 0 Å². The molecule has 1 aromatic carbocycles. The first-order valence-corrected chi connectivity index (χ1v) is 5.82. The summed E-state index contributed by atoms with van der Waals surface area (Å²) in [5.74, 6) is 1.50. The first kappa shape index (κ1) is 12.4. The smallest absolute Gasteiger partial charge is 0.137 e. The van der Waals surface area contributed by atoms with E-state index in [0.29, 0.717) is 0 Å². The number of nitrogens with two attached hydrogens (primary N) is 1. The first-order chi connectivity index (χ1) is 8.70. The zero-order valence-corrected chi connectivity index (χ0v) is 10.6. The van der Waals surface area contributed by atoms with Gasteiger partial charge in [-0.15, -0.1) is 0 Å². The number of anilines is 2. The number of hydrogen-bond acceptors (Lipinski definition) is 4. The maximum atomic E-state index is 5.93. The molecule has 0 aliphatic rings. The van der Waals surface area contributed by atoms with Gasteiger partial charge in [-0.05, 0) is 30.7 Å². The van der Waals surface area contributed by atoms with Gasteiger partial charge in [0.15, 0.2) is 0 Å². The SMILES string of the molecule is COc1ccc(Nc2ccccc2C(C)N)nc1. The maximum Gasteiger partial charge on any atom is 0.137 e. The Kier molecular flexibility index (Phi) is 3.79. The molecular weight excluding hydrogens is 226 g/mol. The number of ether oxygens (including phenoxy) is 1. The summed E-state index contributed by atoms with van der Waals surface area (Å²) in [5.41, 5.74) is 7.98. The number of hydrogen-bond donors (Lipinski definition) is 2. The van der Waals surface area contributed by atoms with Gasteiger partial charge in [0.1, 0.15) is 11.6 Å². The lowest BCUT2D eigenvalue weighted by Gasteiger charge is -2.14. The average Bonchev–Trinajstić information content (AvgIpc) is 2.40. The molecule has 4 heteroatoms. The van der Waals surface area contributed by atoms with Crippen molar-refractivity contribution in [2.45, 2.75) is 13.0 Å². The Balaban J connectivity index is 2.22. The molecule has 2 aromatic rings. The van der Waals surface area contributed by atoms with E-state index in [1.165, 1.54) is 0 Å². The molecule has 1 aromatic heterocycles. The van der Waals surface area contributed by atoms with E-state index in [1.807, 2.05) is 43.3 Å². The molecule has 0 bridgehead atoms. The second-order valence-corrected chi connectivity index (χ2v) is 4.08. The van der Waals surface area contributed by atoms with Gasteiger partial charge < -0.3 is 15.8 Å². The van der Waals surface area contributed by atoms with Crippen molar-refractivity contribution in [2.75, 3.05) is 12.4 Å². The van der Waals surface area contributed by atoms with Crippen LogP contribution in [0.4, 0.5) is 11.5 Å². The fraction of sp³-hybridized carbons (Fsp3) is 0.214. The standard InChI is InChI=1S/C14H17N3O/c1-10(15)12-5-3-4-6-13(12)17-14-8-7-11(18-2)9-16-14/h3-10H,15H2,1-2H3,(H,16,17). The van der Waals surface area contributed by atoms with Crippen molar-refractivity contribution in [1.82, 2.24) is 4.98 Å². The van der Waals surface area contributed by atoms with Crippen LogP contribution in [-0.2, 0) is 0 Å². The summed E-state index contributed by atoms with van der Waals surface area (Å²) in [6.07, 6.45) is 1.68. The van der Waals surface area contributed by atoms with Gasteiger partial charge in [-0.1, -0.05) is 18.2 Å². The van der Waals surface area contributed by atoms with Crippen molar-refractivity contribution in [2.24, 2.45) is 5.73 Å². The number of rotatable bonds is 4. The van der Waals surface area contributed by atoms with E-state index in [-0.39, 0.29) is 6.04 Å². The number of nitrogens with zero attached hydrogens (tertiary/aromatic N) is 1. The molecule has 3 N–H and O–H groups in total. The Labute approximate surface area is 107 Å². The lowest BCUT2D eigenvalue weighted by molar-refractivity contribution is 0.413. The molecule has 0 saturated heterocycles. The molecule has 18 heavy (non-hydrogen) atoms. The van der Waals surface area contributed by atoms with E-state index in [1.54, 1.807) is 13.3 Å². The highest BCUT2D eigenvalue weighted by Crippen LogP contribution is 2.24. The van der Waals surface area contributed by atoms with Crippen LogP contribution in [0.2, 0.25) is 0 Å². The molecular formula is C14H17N3O. The van der Waals surface area contributed by atoms with E-state index < -0.39 is 0 Å². The third kappa shape index (κ3) is 2.78. The molecule has 0 fully saturated rings. The van der Waals surface area contributed by atoms with Crippen LogP contribution < -0.4 is 15.8 Å². The molecule has 0 aliphatic heterocycles.